The van der Waals surface area contributed by atoms with Crippen molar-refractivity contribution in [3.05, 3.63) is 59.0 Å². The molecule has 8 heteroatoms. The van der Waals surface area contributed by atoms with E-state index < -0.39 is 5.60 Å². The highest BCUT2D eigenvalue weighted by molar-refractivity contribution is 5.65. The first-order chi connectivity index (χ1) is 15.4. The zero-order valence-electron chi connectivity index (χ0n) is 18.8. The molecule has 1 aliphatic rings. The van der Waals surface area contributed by atoms with Crippen LogP contribution in [0.1, 0.15) is 35.4 Å². The van der Waals surface area contributed by atoms with Crippen LogP contribution >= 0.6 is 0 Å². The van der Waals surface area contributed by atoms with E-state index in [1.165, 1.54) is 0 Å². The highest BCUT2D eigenvalue weighted by Crippen LogP contribution is 2.39. The number of rotatable bonds is 4. The molecular weight excluding hydrogens is 406 g/mol. The average Bonchev–Trinajstić information content (AvgIpc) is 3.41. The molecule has 1 saturated heterocycles. The van der Waals surface area contributed by atoms with E-state index in [1.807, 2.05) is 54.8 Å². The fourth-order valence-corrected chi connectivity index (χ4v) is 4.55. The molecule has 1 N–H and O–H groups in total. The van der Waals surface area contributed by atoms with Gasteiger partial charge in [0.15, 0.2) is 5.65 Å². The first kappa shape index (κ1) is 20.5. The third kappa shape index (κ3) is 3.31. The predicted molar refractivity (Wildman–Crippen MR) is 121 cm³/mol. The molecule has 0 atom stereocenters. The number of aromatic nitrogens is 4. The van der Waals surface area contributed by atoms with Crippen LogP contribution in [0.15, 0.2) is 40.9 Å². The van der Waals surface area contributed by atoms with E-state index >= 15 is 0 Å². The third-order valence-corrected chi connectivity index (χ3v) is 6.44. The van der Waals surface area contributed by atoms with Gasteiger partial charge in [-0.3, -0.25) is 0 Å². The fourth-order valence-electron chi connectivity index (χ4n) is 4.55. The molecule has 8 nitrogen and oxygen atoms in total. The summed E-state index contributed by atoms with van der Waals surface area (Å²) in [4.78, 5) is 7.02. The van der Waals surface area contributed by atoms with Gasteiger partial charge in [0.2, 0.25) is 0 Å². The van der Waals surface area contributed by atoms with Gasteiger partial charge in [-0.1, -0.05) is 23.4 Å². The van der Waals surface area contributed by atoms with E-state index in [4.69, 9.17) is 19.3 Å². The second-order valence-corrected chi connectivity index (χ2v) is 8.49. The molecule has 0 aliphatic carbocycles. The maximum atomic E-state index is 11.5. The minimum absolute atomic E-state index is 0.590. The van der Waals surface area contributed by atoms with Gasteiger partial charge in [-0.2, -0.15) is 9.61 Å². The Bertz CT molecular complexity index is 1280. The lowest BCUT2D eigenvalue weighted by Crippen LogP contribution is -2.43. The molecule has 4 heterocycles. The second kappa shape index (κ2) is 7.63. The van der Waals surface area contributed by atoms with Crippen molar-refractivity contribution in [1.29, 1.82) is 0 Å². The lowest BCUT2D eigenvalue weighted by atomic mass is 9.84. The molecule has 0 saturated carbocycles. The van der Waals surface area contributed by atoms with Crippen molar-refractivity contribution in [1.82, 2.24) is 19.8 Å². The van der Waals surface area contributed by atoms with Crippen LogP contribution in [-0.2, 0) is 5.60 Å². The number of benzene rings is 1. The Morgan fingerprint density at radius 3 is 2.50 bits per heavy atom. The number of fused-ring (bicyclic) bond motifs is 1. The Labute approximate surface area is 186 Å². The summed E-state index contributed by atoms with van der Waals surface area (Å²) in [6.45, 7) is 7.32. The second-order valence-electron chi connectivity index (χ2n) is 8.49. The van der Waals surface area contributed by atoms with Crippen molar-refractivity contribution >= 4 is 11.5 Å². The van der Waals surface area contributed by atoms with E-state index in [9.17, 15) is 5.11 Å². The zero-order valence-corrected chi connectivity index (χ0v) is 18.8. The van der Waals surface area contributed by atoms with Crippen LogP contribution in [0.25, 0.3) is 17.0 Å². The molecule has 1 fully saturated rings. The minimum Gasteiger partial charge on any atom is -0.496 e. The van der Waals surface area contributed by atoms with Gasteiger partial charge in [-0.05, 0) is 39.7 Å². The topological polar surface area (TPSA) is 88.9 Å². The van der Waals surface area contributed by atoms with Crippen LogP contribution in [-0.4, -0.2) is 45.1 Å². The fraction of sp³-hybridized carbons (Fsp3) is 0.375. The maximum absolute atomic E-state index is 11.5. The molecule has 0 radical (unpaired) electrons. The standard InChI is InChI=1S/C24H27N5O3/c1-15-13-20(27-32-15)19-14-22-25-17(3)16(2)23(29(22)26-19)28-11-9-24(30,10-12-28)18-7-5-6-8-21(18)31-4/h5-8,13-14,30H,9-12H2,1-4H3. The number of aliphatic hydroxyl groups is 1. The quantitative estimate of drug-likeness (QED) is 0.523. The van der Waals surface area contributed by atoms with E-state index in [1.54, 1.807) is 7.11 Å². The average molecular weight is 434 g/mol. The van der Waals surface area contributed by atoms with Crippen LogP contribution in [0.5, 0.6) is 5.75 Å². The van der Waals surface area contributed by atoms with Gasteiger partial charge in [0, 0.05) is 42.0 Å². The zero-order chi connectivity index (χ0) is 22.5. The van der Waals surface area contributed by atoms with Crippen LogP contribution < -0.4 is 9.64 Å². The molecule has 3 aromatic heterocycles. The van der Waals surface area contributed by atoms with Gasteiger partial charge < -0.3 is 19.3 Å². The van der Waals surface area contributed by atoms with Crippen molar-refractivity contribution in [3.63, 3.8) is 0 Å². The molecule has 1 aliphatic heterocycles. The Hall–Kier alpha value is -3.39. The van der Waals surface area contributed by atoms with Crippen molar-refractivity contribution in [2.24, 2.45) is 0 Å². The molecule has 32 heavy (non-hydrogen) atoms. The molecule has 4 aromatic rings. The molecule has 166 valence electrons. The third-order valence-electron chi connectivity index (χ3n) is 6.44. The Kier molecular flexibility index (Phi) is 4.89. The van der Waals surface area contributed by atoms with Gasteiger partial charge in [-0.25, -0.2) is 4.98 Å². The SMILES string of the molecule is COc1ccccc1C1(O)CCN(c2c(C)c(C)nc3cc(-c4cc(C)on4)nn23)CC1. The van der Waals surface area contributed by atoms with Gasteiger partial charge in [0.1, 0.15) is 28.7 Å². The molecule has 0 amide bonds. The van der Waals surface area contributed by atoms with Gasteiger partial charge in [0.25, 0.3) is 0 Å². The van der Waals surface area contributed by atoms with E-state index in [0.29, 0.717) is 31.6 Å². The largest absolute Gasteiger partial charge is 0.496 e. The number of piperidine rings is 1. The number of para-hydroxylation sites is 1. The van der Waals surface area contributed by atoms with Crippen molar-refractivity contribution in [3.8, 4) is 17.1 Å². The number of hydrogen-bond donors (Lipinski definition) is 1. The van der Waals surface area contributed by atoms with Gasteiger partial charge in [0.05, 0.1) is 12.7 Å². The summed E-state index contributed by atoms with van der Waals surface area (Å²) in [5.41, 5.74) is 4.14. The van der Waals surface area contributed by atoms with Crippen LogP contribution in [0, 0.1) is 20.8 Å². The van der Waals surface area contributed by atoms with Crippen LogP contribution in [0.4, 0.5) is 5.82 Å². The molecule has 5 rings (SSSR count). The van der Waals surface area contributed by atoms with Gasteiger partial charge >= 0.3 is 0 Å². The number of aryl methyl sites for hydroxylation is 2. The molecule has 1 aromatic carbocycles. The normalized spacial score (nSPS) is 16.0. The summed E-state index contributed by atoms with van der Waals surface area (Å²) in [5, 5.41) is 20.4. The summed E-state index contributed by atoms with van der Waals surface area (Å²) in [6, 6.07) is 11.5. The van der Waals surface area contributed by atoms with Crippen molar-refractivity contribution < 1.29 is 14.4 Å². The van der Waals surface area contributed by atoms with Gasteiger partial charge in [-0.15, -0.1) is 0 Å². The number of hydrogen-bond acceptors (Lipinski definition) is 7. The Morgan fingerprint density at radius 1 is 1.06 bits per heavy atom. The van der Waals surface area contributed by atoms with E-state index in [0.717, 1.165) is 45.5 Å². The molecule has 0 spiro atoms. The number of methoxy groups -OCH3 is 1. The van der Waals surface area contributed by atoms with Crippen LogP contribution in [0.2, 0.25) is 0 Å². The monoisotopic (exact) mass is 433 g/mol. The first-order valence-electron chi connectivity index (χ1n) is 10.8. The smallest absolute Gasteiger partial charge is 0.158 e. The highest BCUT2D eigenvalue weighted by Gasteiger charge is 2.37. The minimum atomic E-state index is -0.925. The Balaban J connectivity index is 1.50. The van der Waals surface area contributed by atoms with E-state index in [2.05, 4.69) is 17.0 Å². The lowest BCUT2D eigenvalue weighted by Gasteiger charge is -2.40. The summed E-state index contributed by atoms with van der Waals surface area (Å²) >= 11 is 0. The maximum Gasteiger partial charge on any atom is 0.158 e. The Morgan fingerprint density at radius 2 is 1.81 bits per heavy atom. The number of anilines is 1. The summed E-state index contributed by atoms with van der Waals surface area (Å²) in [5.74, 6) is 2.46. The molecular formula is C24H27N5O3. The van der Waals surface area contributed by atoms with Crippen LogP contribution in [0.3, 0.4) is 0 Å². The van der Waals surface area contributed by atoms with Crippen molar-refractivity contribution in [2.45, 2.75) is 39.2 Å². The summed E-state index contributed by atoms with van der Waals surface area (Å²) < 4.78 is 12.6. The summed E-state index contributed by atoms with van der Waals surface area (Å²) in [6.07, 6.45) is 1.18. The number of ether oxygens (including phenoxy) is 1. The lowest BCUT2D eigenvalue weighted by molar-refractivity contribution is 0.00947. The highest BCUT2D eigenvalue weighted by atomic mass is 16.5. The molecule has 0 unspecified atom stereocenters. The summed E-state index contributed by atoms with van der Waals surface area (Å²) in [7, 11) is 1.64. The first-order valence-corrected chi connectivity index (χ1v) is 10.8. The predicted octanol–water partition coefficient (Wildman–Crippen LogP) is 3.81. The number of nitrogens with zero attached hydrogens (tertiary/aromatic N) is 5. The molecule has 0 bridgehead atoms. The van der Waals surface area contributed by atoms with E-state index in [-0.39, 0.29) is 0 Å². The van der Waals surface area contributed by atoms with Crippen molar-refractivity contribution in [2.75, 3.05) is 25.1 Å².